The molecule has 0 radical (unpaired) electrons. The number of esters is 1. The minimum absolute atomic E-state index is 0.0601. The monoisotopic (exact) mass is 436 g/mol. The number of carbonyl (C=O) groups is 2. The molecule has 0 aliphatic carbocycles. The van der Waals surface area contributed by atoms with Crippen molar-refractivity contribution in [1.29, 1.82) is 0 Å². The molecule has 0 saturated carbocycles. The Kier molecular flexibility index (Phi) is 5.67. The fourth-order valence-corrected chi connectivity index (χ4v) is 4.26. The van der Waals surface area contributed by atoms with Crippen LogP contribution >= 0.6 is 0 Å². The van der Waals surface area contributed by atoms with Gasteiger partial charge in [0.05, 0.1) is 30.7 Å². The second-order valence-corrected chi connectivity index (χ2v) is 7.66. The molecule has 2 heterocycles. The quantitative estimate of drug-likeness (QED) is 0.445. The van der Waals surface area contributed by atoms with Crippen molar-refractivity contribution in [2.24, 2.45) is 7.05 Å². The van der Waals surface area contributed by atoms with Crippen molar-refractivity contribution in [2.45, 2.75) is 32.8 Å². The van der Waals surface area contributed by atoms with Crippen LogP contribution in [-0.2, 0) is 23.2 Å². The van der Waals surface area contributed by atoms with Gasteiger partial charge in [0.25, 0.3) is 0 Å². The summed E-state index contributed by atoms with van der Waals surface area (Å²) in [5, 5.41) is 28.5. The average Bonchev–Trinajstić information content (AvgIpc) is 3.36. The fourth-order valence-electron chi connectivity index (χ4n) is 4.26. The molecule has 2 N–H and O–H groups in total. The third-order valence-corrected chi connectivity index (χ3v) is 5.83. The summed E-state index contributed by atoms with van der Waals surface area (Å²) in [5.41, 5.74) is 5.09. The Labute approximate surface area is 183 Å². The lowest BCUT2D eigenvalue weighted by molar-refractivity contribution is -0.143. The lowest BCUT2D eigenvalue weighted by Gasteiger charge is -2.21. The second-order valence-electron chi connectivity index (χ2n) is 7.66. The molecule has 9 nitrogen and oxygen atoms in total. The average molecular weight is 436 g/mol. The third kappa shape index (κ3) is 3.60. The molecule has 0 amide bonds. The number of benzene rings is 2. The van der Waals surface area contributed by atoms with Crippen molar-refractivity contribution in [3.8, 4) is 0 Å². The second kappa shape index (κ2) is 8.43. The van der Waals surface area contributed by atoms with E-state index >= 15 is 0 Å². The van der Waals surface area contributed by atoms with Crippen molar-refractivity contribution in [2.75, 3.05) is 6.61 Å². The molecule has 166 valence electrons. The smallest absolute Gasteiger partial charge is 0.415 e. The van der Waals surface area contributed by atoms with Crippen LogP contribution in [0.4, 0.5) is 4.79 Å². The molecular formula is C23H24N4O5. The number of hydrogen-bond acceptors (Lipinski definition) is 6. The first-order valence-electron chi connectivity index (χ1n) is 10.3. The molecular weight excluding hydrogens is 412 g/mol. The minimum Gasteiger partial charge on any atom is -0.466 e. The highest BCUT2D eigenvalue weighted by Crippen LogP contribution is 2.36. The van der Waals surface area contributed by atoms with E-state index in [0.29, 0.717) is 22.0 Å². The summed E-state index contributed by atoms with van der Waals surface area (Å²) in [5.74, 6) is -0.789. The van der Waals surface area contributed by atoms with Crippen LogP contribution in [0.5, 0.6) is 0 Å². The predicted octanol–water partition coefficient (Wildman–Crippen LogP) is 3.33. The van der Waals surface area contributed by atoms with E-state index in [9.17, 15) is 19.8 Å². The first-order valence-corrected chi connectivity index (χ1v) is 10.3. The molecule has 0 saturated heterocycles. The van der Waals surface area contributed by atoms with Gasteiger partial charge in [-0.15, -0.1) is 5.10 Å². The molecule has 1 unspecified atom stereocenters. The Morgan fingerprint density at radius 3 is 2.66 bits per heavy atom. The number of nitrogens with zero attached hydrogens (tertiary/aromatic N) is 4. The maximum absolute atomic E-state index is 12.5. The van der Waals surface area contributed by atoms with Gasteiger partial charge in [-0.25, -0.2) is 9.48 Å². The standard InChI is InChI=1S/C23H24N4O5/c1-4-32-21(29)11-18(16-5-6-19-22(13(16)2)24-25-26(19)3)14-9-15(12-28)17-7-8-27(23(30)31)20(17)10-14/h5-10,18,28H,4,11-12H2,1-3H3,(H,30,31). The fraction of sp³-hybridized carbons (Fsp3) is 0.304. The highest BCUT2D eigenvalue weighted by atomic mass is 16.5. The zero-order valence-electron chi connectivity index (χ0n) is 18.1. The minimum atomic E-state index is -1.12. The number of aliphatic hydroxyl groups is 1. The number of rotatable bonds is 6. The lowest BCUT2D eigenvalue weighted by atomic mass is 9.84. The van der Waals surface area contributed by atoms with Crippen LogP contribution in [0.15, 0.2) is 36.5 Å². The van der Waals surface area contributed by atoms with Gasteiger partial charge in [-0.3, -0.25) is 9.36 Å². The van der Waals surface area contributed by atoms with Crippen LogP contribution in [-0.4, -0.2) is 48.4 Å². The summed E-state index contributed by atoms with van der Waals surface area (Å²) >= 11 is 0. The first kappa shape index (κ1) is 21.5. The summed E-state index contributed by atoms with van der Waals surface area (Å²) < 4.78 is 8.01. The van der Waals surface area contributed by atoms with E-state index in [1.54, 1.807) is 23.7 Å². The van der Waals surface area contributed by atoms with Gasteiger partial charge in [0, 0.05) is 24.5 Å². The summed E-state index contributed by atoms with van der Waals surface area (Å²) in [7, 11) is 1.81. The van der Waals surface area contributed by atoms with Crippen LogP contribution in [0.25, 0.3) is 21.9 Å². The van der Waals surface area contributed by atoms with E-state index < -0.39 is 12.0 Å². The van der Waals surface area contributed by atoms with E-state index in [4.69, 9.17) is 4.74 Å². The van der Waals surface area contributed by atoms with Gasteiger partial charge in [0.2, 0.25) is 0 Å². The van der Waals surface area contributed by atoms with E-state index in [2.05, 4.69) is 10.3 Å². The summed E-state index contributed by atoms with van der Waals surface area (Å²) in [6.07, 6.45) is 0.387. The van der Waals surface area contributed by atoms with Crippen LogP contribution < -0.4 is 0 Å². The van der Waals surface area contributed by atoms with Crippen LogP contribution in [0.1, 0.15) is 41.5 Å². The lowest BCUT2D eigenvalue weighted by Crippen LogP contribution is -2.14. The number of hydrogen-bond donors (Lipinski definition) is 2. The molecule has 0 aliphatic heterocycles. The van der Waals surface area contributed by atoms with Crippen LogP contribution in [0.2, 0.25) is 0 Å². The zero-order chi connectivity index (χ0) is 23.0. The Hall–Kier alpha value is -3.72. The SMILES string of the molecule is CCOC(=O)CC(c1cc(CO)c2ccn(C(=O)O)c2c1)c1ccc2c(nnn2C)c1C. The number of aliphatic hydroxyl groups excluding tert-OH is 1. The van der Waals surface area contributed by atoms with Gasteiger partial charge in [0.15, 0.2) is 0 Å². The molecule has 0 aliphatic rings. The first-order chi connectivity index (χ1) is 15.3. The van der Waals surface area contributed by atoms with Crippen LogP contribution in [0.3, 0.4) is 0 Å². The van der Waals surface area contributed by atoms with Crippen molar-refractivity contribution < 1.29 is 24.5 Å². The molecule has 0 spiro atoms. The highest BCUT2D eigenvalue weighted by Gasteiger charge is 2.25. The van der Waals surface area contributed by atoms with Gasteiger partial charge < -0.3 is 14.9 Å². The van der Waals surface area contributed by atoms with Crippen LogP contribution in [0, 0.1) is 6.92 Å². The summed E-state index contributed by atoms with van der Waals surface area (Å²) in [6, 6.07) is 9.08. The summed E-state index contributed by atoms with van der Waals surface area (Å²) in [6.45, 7) is 3.67. The van der Waals surface area contributed by atoms with Crippen molar-refractivity contribution in [1.82, 2.24) is 19.6 Å². The number of aromatic nitrogens is 4. The Balaban J connectivity index is 1.94. The van der Waals surface area contributed by atoms with E-state index in [1.165, 1.54) is 6.20 Å². The number of ether oxygens (including phenoxy) is 1. The largest absolute Gasteiger partial charge is 0.466 e. The maximum Gasteiger partial charge on any atom is 0.415 e. The Morgan fingerprint density at radius 2 is 1.97 bits per heavy atom. The molecule has 2 aromatic carbocycles. The molecule has 0 bridgehead atoms. The molecule has 32 heavy (non-hydrogen) atoms. The zero-order valence-corrected chi connectivity index (χ0v) is 18.1. The molecule has 0 fully saturated rings. The van der Waals surface area contributed by atoms with Crippen molar-refractivity contribution in [3.63, 3.8) is 0 Å². The van der Waals surface area contributed by atoms with E-state index in [-0.39, 0.29) is 25.6 Å². The molecule has 4 rings (SSSR count). The normalized spacial score (nSPS) is 12.4. The number of aryl methyl sites for hydroxylation is 2. The van der Waals surface area contributed by atoms with E-state index in [1.807, 2.05) is 32.2 Å². The van der Waals surface area contributed by atoms with Crippen molar-refractivity contribution >= 4 is 34.0 Å². The van der Waals surface area contributed by atoms with E-state index in [0.717, 1.165) is 26.7 Å². The van der Waals surface area contributed by atoms with Gasteiger partial charge in [-0.05, 0) is 54.3 Å². The van der Waals surface area contributed by atoms with Gasteiger partial charge in [-0.2, -0.15) is 0 Å². The van der Waals surface area contributed by atoms with Crippen molar-refractivity contribution in [3.05, 3.63) is 58.8 Å². The Morgan fingerprint density at radius 1 is 1.19 bits per heavy atom. The van der Waals surface area contributed by atoms with Gasteiger partial charge in [0.1, 0.15) is 5.52 Å². The number of carboxylic acid groups (broad SMARTS) is 1. The number of carbonyl (C=O) groups excluding carboxylic acids is 1. The van der Waals surface area contributed by atoms with Gasteiger partial charge >= 0.3 is 12.1 Å². The predicted molar refractivity (Wildman–Crippen MR) is 118 cm³/mol. The van der Waals surface area contributed by atoms with Gasteiger partial charge in [-0.1, -0.05) is 17.3 Å². The molecule has 2 aromatic heterocycles. The highest BCUT2D eigenvalue weighted by molar-refractivity contribution is 5.92. The Bertz CT molecular complexity index is 1340. The third-order valence-electron chi connectivity index (χ3n) is 5.83. The molecule has 9 heteroatoms. The maximum atomic E-state index is 12.5. The molecule has 4 aromatic rings. The molecule has 1 atom stereocenters. The topological polar surface area (TPSA) is 119 Å². The summed E-state index contributed by atoms with van der Waals surface area (Å²) in [4.78, 5) is 24.2. The number of fused-ring (bicyclic) bond motifs is 2.